The smallest absolute Gasteiger partial charge is 0.339 e. The number of amides is 1. The zero-order valence-corrected chi connectivity index (χ0v) is 12.2. The van der Waals surface area contributed by atoms with Crippen LogP contribution in [0.1, 0.15) is 53.9 Å². The van der Waals surface area contributed by atoms with Gasteiger partial charge in [0.25, 0.3) is 5.91 Å². The van der Waals surface area contributed by atoms with Crippen molar-refractivity contribution >= 4 is 11.9 Å². The molecule has 1 amide bonds. The molecule has 1 saturated heterocycles. The third kappa shape index (κ3) is 2.71. The Morgan fingerprint density at radius 3 is 2.60 bits per heavy atom. The number of carboxylic acid groups (broad SMARTS) is 1. The fourth-order valence-corrected chi connectivity index (χ4v) is 2.58. The number of hydrogen-bond donors (Lipinski definition) is 1. The van der Waals surface area contributed by atoms with E-state index in [-0.39, 0.29) is 17.2 Å². The van der Waals surface area contributed by atoms with Crippen LogP contribution in [0.2, 0.25) is 0 Å². The standard InChI is InChI=1S/C15H21NO4/c1-4-12-11(15(18)19)7-13(20-12)14(17)16-6-5-9(2)10(3)8-16/h7,9-10H,4-6,8H2,1-3H3,(H,18,19). The van der Waals surface area contributed by atoms with E-state index in [1.807, 2.05) is 6.92 Å². The maximum Gasteiger partial charge on any atom is 0.339 e. The van der Waals surface area contributed by atoms with Crippen LogP contribution in [0.25, 0.3) is 0 Å². The van der Waals surface area contributed by atoms with Crippen molar-refractivity contribution in [2.24, 2.45) is 11.8 Å². The molecule has 0 aliphatic carbocycles. The van der Waals surface area contributed by atoms with E-state index < -0.39 is 5.97 Å². The number of hydrogen-bond acceptors (Lipinski definition) is 3. The first-order valence-electron chi connectivity index (χ1n) is 7.09. The summed E-state index contributed by atoms with van der Waals surface area (Å²) in [4.78, 5) is 25.3. The molecule has 0 radical (unpaired) electrons. The molecule has 2 heterocycles. The monoisotopic (exact) mass is 279 g/mol. The Morgan fingerprint density at radius 2 is 2.10 bits per heavy atom. The fourth-order valence-electron chi connectivity index (χ4n) is 2.58. The second-order valence-electron chi connectivity index (χ2n) is 5.60. The van der Waals surface area contributed by atoms with Gasteiger partial charge in [0.05, 0.1) is 0 Å². The quantitative estimate of drug-likeness (QED) is 0.923. The molecular formula is C15H21NO4. The van der Waals surface area contributed by atoms with Gasteiger partial charge in [-0.15, -0.1) is 0 Å². The molecule has 20 heavy (non-hydrogen) atoms. The molecule has 2 atom stereocenters. The van der Waals surface area contributed by atoms with Gasteiger partial charge in [-0.1, -0.05) is 20.8 Å². The molecule has 1 aromatic rings. The Bertz CT molecular complexity index is 520. The second-order valence-corrected chi connectivity index (χ2v) is 5.60. The Kier molecular flexibility index (Phi) is 4.16. The number of furan rings is 1. The average molecular weight is 279 g/mol. The predicted molar refractivity (Wildman–Crippen MR) is 73.9 cm³/mol. The molecule has 1 aliphatic rings. The van der Waals surface area contributed by atoms with E-state index >= 15 is 0 Å². The summed E-state index contributed by atoms with van der Waals surface area (Å²) >= 11 is 0. The lowest BCUT2D eigenvalue weighted by Gasteiger charge is -2.34. The summed E-state index contributed by atoms with van der Waals surface area (Å²) in [7, 11) is 0. The minimum Gasteiger partial charge on any atom is -0.478 e. The largest absolute Gasteiger partial charge is 0.478 e. The normalized spacial score (nSPS) is 22.9. The summed E-state index contributed by atoms with van der Waals surface area (Å²) in [6.45, 7) is 7.53. The summed E-state index contributed by atoms with van der Waals surface area (Å²) in [5, 5.41) is 9.09. The number of aromatic carboxylic acids is 1. The highest BCUT2D eigenvalue weighted by atomic mass is 16.4. The number of carbonyl (C=O) groups excluding carboxylic acids is 1. The van der Waals surface area contributed by atoms with E-state index in [0.29, 0.717) is 37.1 Å². The van der Waals surface area contributed by atoms with Gasteiger partial charge in [0.1, 0.15) is 11.3 Å². The van der Waals surface area contributed by atoms with Gasteiger partial charge in [0.15, 0.2) is 5.76 Å². The lowest BCUT2D eigenvalue weighted by Crippen LogP contribution is -2.42. The maximum absolute atomic E-state index is 12.4. The van der Waals surface area contributed by atoms with Gasteiger partial charge < -0.3 is 14.4 Å². The van der Waals surface area contributed by atoms with Crippen molar-refractivity contribution in [1.29, 1.82) is 0 Å². The summed E-state index contributed by atoms with van der Waals surface area (Å²) < 4.78 is 5.43. The molecule has 5 nitrogen and oxygen atoms in total. The Hall–Kier alpha value is -1.78. The molecule has 2 rings (SSSR count). The molecule has 0 saturated carbocycles. The third-order valence-corrected chi connectivity index (χ3v) is 4.19. The van der Waals surface area contributed by atoms with Crippen molar-refractivity contribution in [3.05, 3.63) is 23.2 Å². The number of carboxylic acids is 1. The molecule has 5 heteroatoms. The van der Waals surface area contributed by atoms with Crippen LogP contribution in [-0.4, -0.2) is 35.0 Å². The molecule has 1 N–H and O–H groups in total. The van der Waals surface area contributed by atoms with Gasteiger partial charge in [0.2, 0.25) is 0 Å². The predicted octanol–water partition coefficient (Wildman–Crippen LogP) is 2.66. The second kappa shape index (κ2) is 5.69. The highest BCUT2D eigenvalue weighted by Gasteiger charge is 2.29. The molecule has 0 bridgehead atoms. The molecule has 110 valence electrons. The van der Waals surface area contributed by atoms with Crippen LogP contribution >= 0.6 is 0 Å². The van der Waals surface area contributed by atoms with E-state index in [0.717, 1.165) is 6.42 Å². The molecule has 1 aliphatic heterocycles. The first-order valence-corrected chi connectivity index (χ1v) is 7.09. The highest BCUT2D eigenvalue weighted by molar-refractivity contribution is 5.96. The van der Waals surface area contributed by atoms with Crippen LogP contribution in [0, 0.1) is 11.8 Å². The molecule has 1 aromatic heterocycles. The van der Waals surface area contributed by atoms with Crippen molar-refractivity contribution in [2.75, 3.05) is 13.1 Å². The number of carbonyl (C=O) groups is 2. The molecule has 2 unspecified atom stereocenters. The van der Waals surface area contributed by atoms with Crippen LogP contribution < -0.4 is 0 Å². The highest BCUT2D eigenvalue weighted by Crippen LogP contribution is 2.25. The van der Waals surface area contributed by atoms with Crippen LogP contribution in [0.15, 0.2) is 10.5 Å². The first kappa shape index (κ1) is 14.6. The molecule has 0 spiro atoms. The number of nitrogens with zero attached hydrogens (tertiary/aromatic N) is 1. The minimum absolute atomic E-state index is 0.0919. The first-order chi connectivity index (χ1) is 9.43. The van der Waals surface area contributed by atoms with Crippen molar-refractivity contribution in [2.45, 2.75) is 33.6 Å². The fraction of sp³-hybridized carbons (Fsp3) is 0.600. The Labute approximate surface area is 118 Å². The molecule has 1 fully saturated rings. The lowest BCUT2D eigenvalue weighted by atomic mass is 9.88. The van der Waals surface area contributed by atoms with E-state index in [4.69, 9.17) is 9.52 Å². The van der Waals surface area contributed by atoms with Crippen LogP contribution in [0.4, 0.5) is 0 Å². The van der Waals surface area contributed by atoms with Crippen molar-refractivity contribution in [1.82, 2.24) is 4.90 Å². The lowest BCUT2D eigenvalue weighted by molar-refractivity contribution is 0.0593. The van der Waals surface area contributed by atoms with Crippen molar-refractivity contribution in [3.63, 3.8) is 0 Å². The minimum atomic E-state index is -1.05. The number of aryl methyl sites for hydroxylation is 1. The van der Waals surface area contributed by atoms with E-state index in [2.05, 4.69) is 13.8 Å². The SMILES string of the molecule is CCc1oc(C(=O)N2CCC(C)C(C)C2)cc1C(=O)O. The van der Waals surface area contributed by atoms with E-state index in [1.54, 1.807) is 4.90 Å². The Balaban J connectivity index is 2.19. The van der Waals surface area contributed by atoms with Gasteiger partial charge in [0, 0.05) is 25.6 Å². The van der Waals surface area contributed by atoms with Gasteiger partial charge in [-0.2, -0.15) is 0 Å². The number of piperidine rings is 1. The number of rotatable bonds is 3. The van der Waals surface area contributed by atoms with Crippen molar-refractivity contribution in [3.8, 4) is 0 Å². The maximum atomic E-state index is 12.4. The topological polar surface area (TPSA) is 70.8 Å². The van der Waals surface area contributed by atoms with E-state index in [9.17, 15) is 9.59 Å². The average Bonchev–Trinajstić information content (AvgIpc) is 2.85. The summed E-state index contributed by atoms with van der Waals surface area (Å²) in [6.07, 6.45) is 1.43. The number of likely N-dealkylation sites (tertiary alicyclic amines) is 1. The van der Waals surface area contributed by atoms with Crippen molar-refractivity contribution < 1.29 is 19.1 Å². The summed E-state index contributed by atoms with van der Waals surface area (Å²) in [6, 6.07) is 1.35. The van der Waals surface area contributed by atoms with Crippen LogP contribution in [0.5, 0.6) is 0 Å². The Morgan fingerprint density at radius 1 is 1.40 bits per heavy atom. The van der Waals surface area contributed by atoms with Gasteiger partial charge in [-0.3, -0.25) is 4.79 Å². The van der Waals surface area contributed by atoms with Crippen LogP contribution in [-0.2, 0) is 6.42 Å². The molecular weight excluding hydrogens is 258 g/mol. The van der Waals surface area contributed by atoms with Crippen LogP contribution in [0.3, 0.4) is 0 Å². The van der Waals surface area contributed by atoms with Gasteiger partial charge >= 0.3 is 5.97 Å². The molecule has 0 aromatic carbocycles. The summed E-state index contributed by atoms with van der Waals surface area (Å²) in [5.74, 6) is 0.306. The van der Waals surface area contributed by atoms with Gasteiger partial charge in [-0.25, -0.2) is 4.79 Å². The third-order valence-electron chi connectivity index (χ3n) is 4.19. The van der Waals surface area contributed by atoms with Gasteiger partial charge in [-0.05, 0) is 18.3 Å². The van der Waals surface area contributed by atoms with E-state index in [1.165, 1.54) is 6.07 Å². The zero-order chi connectivity index (χ0) is 14.9. The summed E-state index contributed by atoms with van der Waals surface area (Å²) in [5.41, 5.74) is 0.0919. The zero-order valence-electron chi connectivity index (χ0n) is 12.2.